The van der Waals surface area contributed by atoms with Crippen molar-refractivity contribution in [1.29, 1.82) is 0 Å². The molecule has 3 nitrogen and oxygen atoms in total. The van der Waals surface area contributed by atoms with Gasteiger partial charge in [0, 0.05) is 25.1 Å². The number of hydrogen-bond acceptors (Lipinski definition) is 3. The quantitative estimate of drug-likeness (QED) is 0.913. The minimum atomic E-state index is -0.400. The molecule has 0 amide bonds. The summed E-state index contributed by atoms with van der Waals surface area (Å²) in [5.74, 6) is 0.170. The summed E-state index contributed by atoms with van der Waals surface area (Å²) >= 11 is 5.87. The van der Waals surface area contributed by atoms with Gasteiger partial charge in [0.25, 0.3) is 0 Å². The summed E-state index contributed by atoms with van der Waals surface area (Å²) in [7, 11) is 0. The van der Waals surface area contributed by atoms with Gasteiger partial charge in [0.1, 0.15) is 11.3 Å². The maximum Gasteiger partial charge on any atom is 0.196 e. The molecule has 0 saturated heterocycles. The topological polar surface area (TPSA) is 38.1 Å². The molecule has 2 aromatic rings. The van der Waals surface area contributed by atoms with Crippen LogP contribution in [-0.4, -0.2) is 17.6 Å². The number of nitrogens with zero attached hydrogens (tertiary/aromatic N) is 1. The molecule has 0 radical (unpaired) electrons. The van der Waals surface area contributed by atoms with Crippen molar-refractivity contribution in [3.8, 4) is 0 Å². The van der Waals surface area contributed by atoms with E-state index >= 15 is 0 Å². The van der Waals surface area contributed by atoms with E-state index in [1.807, 2.05) is 0 Å². The Morgan fingerprint density at radius 3 is 2.94 bits per heavy atom. The van der Waals surface area contributed by atoms with Crippen molar-refractivity contribution < 1.29 is 8.81 Å². The van der Waals surface area contributed by atoms with E-state index in [4.69, 9.17) is 16.0 Å². The van der Waals surface area contributed by atoms with E-state index in [1.165, 1.54) is 12.1 Å². The maximum atomic E-state index is 13.1. The molecular weight excluding hydrogens is 243 g/mol. The molecule has 0 aliphatic rings. The van der Waals surface area contributed by atoms with Crippen molar-refractivity contribution in [2.45, 2.75) is 26.3 Å². The SMILES string of the molecule is CC(C)NCCc1nc2cc(F)cc(Cl)c2o1. The van der Waals surface area contributed by atoms with E-state index < -0.39 is 5.82 Å². The third-order valence-corrected chi connectivity index (χ3v) is 2.63. The third-order valence-electron chi connectivity index (χ3n) is 2.35. The molecule has 0 unspecified atom stereocenters. The molecule has 0 atom stereocenters. The summed E-state index contributed by atoms with van der Waals surface area (Å²) in [6.45, 7) is 4.90. The number of hydrogen-bond donors (Lipinski definition) is 1. The van der Waals surface area contributed by atoms with Crippen molar-refractivity contribution in [3.05, 3.63) is 28.9 Å². The number of benzene rings is 1. The van der Waals surface area contributed by atoms with Crippen molar-refractivity contribution in [3.63, 3.8) is 0 Å². The summed E-state index contributed by atoms with van der Waals surface area (Å²) in [6, 6.07) is 2.97. The van der Waals surface area contributed by atoms with Gasteiger partial charge in [-0.25, -0.2) is 9.37 Å². The van der Waals surface area contributed by atoms with E-state index in [0.29, 0.717) is 29.5 Å². The second kappa shape index (κ2) is 5.02. The van der Waals surface area contributed by atoms with E-state index in [-0.39, 0.29) is 5.02 Å². The molecule has 0 fully saturated rings. The van der Waals surface area contributed by atoms with Crippen molar-refractivity contribution in [1.82, 2.24) is 10.3 Å². The summed E-state index contributed by atoms with van der Waals surface area (Å²) < 4.78 is 18.6. The highest BCUT2D eigenvalue weighted by Gasteiger charge is 2.10. The molecule has 2 rings (SSSR count). The monoisotopic (exact) mass is 256 g/mol. The lowest BCUT2D eigenvalue weighted by atomic mass is 10.3. The molecule has 0 spiro atoms. The zero-order valence-corrected chi connectivity index (χ0v) is 10.5. The Bertz CT molecular complexity index is 524. The second-order valence-electron chi connectivity index (χ2n) is 4.20. The highest BCUT2D eigenvalue weighted by Crippen LogP contribution is 2.25. The standard InChI is InChI=1S/C12H14ClFN2O/c1-7(2)15-4-3-11-16-10-6-8(14)5-9(13)12(10)17-11/h5-7,15H,3-4H2,1-2H3. The van der Waals surface area contributed by atoms with Crippen LogP contribution >= 0.6 is 11.6 Å². The molecule has 1 aromatic carbocycles. The Kier molecular flexibility index (Phi) is 3.64. The highest BCUT2D eigenvalue weighted by atomic mass is 35.5. The zero-order chi connectivity index (χ0) is 12.4. The first-order chi connectivity index (χ1) is 8.06. The number of aromatic nitrogens is 1. The summed E-state index contributed by atoms with van der Waals surface area (Å²) in [6.07, 6.45) is 0.658. The first kappa shape index (κ1) is 12.3. The zero-order valence-electron chi connectivity index (χ0n) is 9.76. The molecule has 0 aliphatic carbocycles. The molecule has 1 heterocycles. The molecule has 0 saturated carbocycles. The molecule has 0 bridgehead atoms. The van der Waals surface area contributed by atoms with E-state index in [1.54, 1.807) is 0 Å². The fraction of sp³-hybridized carbons (Fsp3) is 0.417. The van der Waals surface area contributed by atoms with Crippen molar-refractivity contribution in [2.75, 3.05) is 6.54 Å². The van der Waals surface area contributed by atoms with Gasteiger partial charge in [-0.3, -0.25) is 0 Å². The molecule has 1 N–H and O–H groups in total. The van der Waals surface area contributed by atoms with E-state index in [9.17, 15) is 4.39 Å². The minimum absolute atomic E-state index is 0.260. The Balaban J connectivity index is 2.17. The Morgan fingerprint density at radius 2 is 2.24 bits per heavy atom. The van der Waals surface area contributed by atoms with Gasteiger partial charge in [-0.1, -0.05) is 25.4 Å². The Labute approximate surface area is 104 Å². The van der Waals surface area contributed by atoms with Crippen molar-refractivity contribution in [2.24, 2.45) is 0 Å². The molecule has 92 valence electrons. The predicted molar refractivity (Wildman–Crippen MR) is 65.8 cm³/mol. The van der Waals surface area contributed by atoms with Crippen LogP contribution in [0.25, 0.3) is 11.1 Å². The number of rotatable bonds is 4. The van der Waals surface area contributed by atoms with Crippen LogP contribution in [0.2, 0.25) is 5.02 Å². The molecular formula is C12H14ClFN2O. The smallest absolute Gasteiger partial charge is 0.196 e. The third kappa shape index (κ3) is 2.96. The van der Waals surface area contributed by atoms with Gasteiger partial charge in [-0.2, -0.15) is 0 Å². The van der Waals surface area contributed by atoms with Crippen LogP contribution in [0.4, 0.5) is 4.39 Å². The lowest BCUT2D eigenvalue weighted by Gasteiger charge is -2.04. The van der Waals surface area contributed by atoms with Gasteiger partial charge in [-0.05, 0) is 6.07 Å². The maximum absolute atomic E-state index is 13.1. The van der Waals surface area contributed by atoms with Gasteiger partial charge in [0.2, 0.25) is 0 Å². The number of fused-ring (bicyclic) bond motifs is 1. The largest absolute Gasteiger partial charge is 0.439 e. The lowest BCUT2D eigenvalue weighted by Crippen LogP contribution is -2.24. The number of oxazole rings is 1. The fourth-order valence-electron chi connectivity index (χ4n) is 1.58. The second-order valence-corrected chi connectivity index (χ2v) is 4.61. The van der Waals surface area contributed by atoms with Gasteiger partial charge in [-0.15, -0.1) is 0 Å². The first-order valence-corrected chi connectivity index (χ1v) is 5.92. The van der Waals surface area contributed by atoms with Crippen molar-refractivity contribution >= 4 is 22.7 Å². The van der Waals surface area contributed by atoms with Crippen LogP contribution in [-0.2, 0) is 6.42 Å². The van der Waals surface area contributed by atoms with Crippen LogP contribution in [0.1, 0.15) is 19.7 Å². The number of halogens is 2. The predicted octanol–water partition coefficient (Wildman–Crippen LogP) is 3.16. The normalized spacial score (nSPS) is 11.6. The summed E-state index contributed by atoms with van der Waals surface area (Å²) in [5.41, 5.74) is 0.919. The van der Waals surface area contributed by atoms with Gasteiger partial charge in [0.05, 0.1) is 5.02 Å². The molecule has 17 heavy (non-hydrogen) atoms. The van der Waals surface area contributed by atoms with E-state index in [2.05, 4.69) is 24.1 Å². The van der Waals surface area contributed by atoms with Gasteiger partial charge in [0.15, 0.2) is 11.5 Å². The average Bonchev–Trinajstić information content (AvgIpc) is 2.60. The van der Waals surface area contributed by atoms with Gasteiger partial charge < -0.3 is 9.73 Å². The van der Waals surface area contributed by atoms with Crippen LogP contribution < -0.4 is 5.32 Å². The Morgan fingerprint density at radius 1 is 1.47 bits per heavy atom. The van der Waals surface area contributed by atoms with Crippen LogP contribution in [0.5, 0.6) is 0 Å². The molecule has 0 aliphatic heterocycles. The number of nitrogens with one attached hydrogen (secondary N) is 1. The highest BCUT2D eigenvalue weighted by molar-refractivity contribution is 6.34. The van der Waals surface area contributed by atoms with E-state index in [0.717, 1.165) is 6.54 Å². The van der Waals surface area contributed by atoms with Crippen LogP contribution in [0.3, 0.4) is 0 Å². The minimum Gasteiger partial charge on any atom is -0.439 e. The summed E-state index contributed by atoms with van der Waals surface area (Å²) in [4.78, 5) is 4.20. The van der Waals surface area contributed by atoms with Crippen LogP contribution in [0.15, 0.2) is 16.5 Å². The molecule has 5 heteroatoms. The first-order valence-electron chi connectivity index (χ1n) is 5.54. The van der Waals surface area contributed by atoms with Gasteiger partial charge >= 0.3 is 0 Å². The Hall–Kier alpha value is -1.13. The van der Waals surface area contributed by atoms with Crippen LogP contribution in [0, 0.1) is 5.82 Å². The summed E-state index contributed by atoms with van der Waals surface area (Å²) in [5, 5.41) is 3.52. The molecule has 1 aromatic heterocycles. The fourth-order valence-corrected chi connectivity index (χ4v) is 1.82. The lowest BCUT2D eigenvalue weighted by molar-refractivity contribution is 0.500. The average molecular weight is 257 g/mol.